The second-order valence-electron chi connectivity index (χ2n) is 2.76. The molecule has 1 rings (SSSR count). The number of nitrogens with two attached hydrogens (primary N) is 1. The molecule has 0 aromatic carbocycles. The maximum absolute atomic E-state index is 11.3. The van der Waals surface area contributed by atoms with Crippen LogP contribution in [0.5, 0.6) is 0 Å². The van der Waals surface area contributed by atoms with Gasteiger partial charge < -0.3 is 4.74 Å². The van der Waals surface area contributed by atoms with Gasteiger partial charge in [0.25, 0.3) is 10.0 Å². The Bertz CT molecular complexity index is 478. The number of rotatable bonds is 3. The molecule has 0 atom stereocenters. The molecule has 0 aliphatic carbocycles. The van der Waals surface area contributed by atoms with E-state index in [-0.39, 0.29) is 17.3 Å². The van der Waals surface area contributed by atoms with E-state index in [4.69, 9.17) is 9.88 Å². The first kappa shape index (κ1) is 15.6. The predicted octanol–water partition coefficient (Wildman–Crippen LogP) is 0.270. The monoisotopic (exact) mass is 263 g/mol. The van der Waals surface area contributed by atoms with E-state index >= 15 is 0 Å². The molecule has 0 aliphatic heterocycles. The Morgan fingerprint density at radius 2 is 2.06 bits per heavy atom. The normalized spacial score (nSPS) is 10.4. The summed E-state index contributed by atoms with van der Waals surface area (Å²) in [5.74, 6) is -0.637. The Morgan fingerprint density at radius 3 is 2.41 bits per heavy atom. The molecule has 0 spiro atoms. The number of esters is 1. The zero-order chi connectivity index (χ0) is 13.6. The molecule has 0 fully saturated rings. The lowest BCUT2D eigenvalue weighted by Crippen LogP contribution is -2.13. The van der Waals surface area contributed by atoms with Crippen molar-refractivity contribution in [2.24, 2.45) is 12.2 Å². The average Bonchev–Trinajstić information content (AvgIpc) is 2.63. The molecule has 1 aromatic heterocycles. The second-order valence-corrected chi connectivity index (χ2v) is 4.27. The molecule has 98 valence electrons. The summed E-state index contributed by atoms with van der Waals surface area (Å²) in [5, 5.41) is 8.09. The van der Waals surface area contributed by atoms with Crippen LogP contribution in [0.4, 0.5) is 0 Å². The third-order valence-corrected chi connectivity index (χ3v) is 2.42. The number of aromatic nitrogens is 2. The van der Waals surface area contributed by atoms with Gasteiger partial charge in [0.05, 0.1) is 6.61 Å². The molecule has 0 amide bonds. The zero-order valence-corrected chi connectivity index (χ0v) is 11.1. The first-order valence-electron chi connectivity index (χ1n) is 5.10. The molecule has 0 saturated heterocycles. The van der Waals surface area contributed by atoms with Gasteiger partial charge in [-0.25, -0.2) is 18.4 Å². The van der Waals surface area contributed by atoms with Crippen LogP contribution in [0.15, 0.2) is 11.1 Å². The van der Waals surface area contributed by atoms with E-state index in [1.165, 1.54) is 7.05 Å². The van der Waals surface area contributed by atoms with Crippen LogP contribution in [0.1, 0.15) is 31.3 Å². The quantitative estimate of drug-likeness (QED) is 0.788. The number of primary sulfonamides is 1. The van der Waals surface area contributed by atoms with Crippen LogP contribution >= 0.6 is 0 Å². The maximum Gasteiger partial charge on any atom is 0.356 e. The van der Waals surface area contributed by atoms with Gasteiger partial charge in [0.15, 0.2) is 5.03 Å². The Morgan fingerprint density at radius 1 is 1.53 bits per heavy atom. The van der Waals surface area contributed by atoms with E-state index in [1.807, 2.05) is 13.8 Å². The molecule has 0 aliphatic rings. The van der Waals surface area contributed by atoms with Gasteiger partial charge in [0.2, 0.25) is 0 Å². The zero-order valence-electron chi connectivity index (χ0n) is 10.3. The maximum atomic E-state index is 11.3. The van der Waals surface area contributed by atoms with Crippen molar-refractivity contribution < 1.29 is 17.9 Å². The lowest BCUT2D eigenvalue weighted by molar-refractivity contribution is 0.0513. The minimum absolute atomic E-state index is 0.0425. The second kappa shape index (κ2) is 6.36. The topological polar surface area (TPSA) is 104 Å². The molecular weight excluding hydrogens is 246 g/mol. The minimum atomic E-state index is -3.89. The molecular formula is C9H17N3O4S. The van der Waals surface area contributed by atoms with E-state index < -0.39 is 16.0 Å². The Hall–Kier alpha value is -1.41. The fourth-order valence-electron chi connectivity index (χ4n) is 0.976. The standard InChI is InChI=1S/C7H11N3O4S.C2H6/c1-3-14-7(11)5-4-6(9-10(5)2)15(8,12)13;1-2/h4H,3H2,1-2H3,(H2,8,12,13);1-2H3. The molecule has 0 unspecified atom stereocenters. The Labute approximate surface area is 101 Å². The summed E-state index contributed by atoms with van der Waals surface area (Å²) < 4.78 is 27.7. The minimum Gasteiger partial charge on any atom is -0.461 e. The highest BCUT2D eigenvalue weighted by molar-refractivity contribution is 7.89. The SMILES string of the molecule is CC.CCOC(=O)c1cc(S(N)(=O)=O)nn1C. The van der Waals surface area contributed by atoms with Gasteiger partial charge in [-0.3, -0.25) is 4.68 Å². The average molecular weight is 263 g/mol. The van der Waals surface area contributed by atoms with Crippen LogP contribution in [0.25, 0.3) is 0 Å². The van der Waals surface area contributed by atoms with E-state index in [2.05, 4.69) is 5.10 Å². The van der Waals surface area contributed by atoms with E-state index in [0.717, 1.165) is 10.7 Å². The number of aryl methyl sites for hydroxylation is 1. The fourth-order valence-corrected chi connectivity index (χ4v) is 1.49. The van der Waals surface area contributed by atoms with Crippen LogP contribution in [-0.4, -0.2) is 30.8 Å². The first-order chi connectivity index (χ1) is 7.86. The number of carbonyl (C=O) groups excluding carboxylic acids is 1. The van der Waals surface area contributed by atoms with Crippen LogP contribution in [-0.2, 0) is 21.8 Å². The predicted molar refractivity (Wildman–Crippen MR) is 61.9 cm³/mol. The summed E-state index contributed by atoms with van der Waals surface area (Å²) in [4.78, 5) is 11.3. The van der Waals surface area contributed by atoms with Gasteiger partial charge in [0.1, 0.15) is 5.69 Å². The number of hydrogen-bond acceptors (Lipinski definition) is 5. The van der Waals surface area contributed by atoms with Crippen LogP contribution in [0.3, 0.4) is 0 Å². The number of nitrogens with zero attached hydrogens (tertiary/aromatic N) is 2. The third-order valence-electron chi connectivity index (χ3n) is 1.63. The molecule has 7 nitrogen and oxygen atoms in total. The summed E-state index contributed by atoms with van der Waals surface area (Å²) >= 11 is 0. The summed E-state index contributed by atoms with van der Waals surface area (Å²) in [7, 11) is -2.46. The number of ether oxygens (including phenoxy) is 1. The van der Waals surface area contributed by atoms with Crippen LogP contribution < -0.4 is 5.14 Å². The molecule has 0 bridgehead atoms. The van der Waals surface area contributed by atoms with Crippen molar-refractivity contribution >= 4 is 16.0 Å². The highest BCUT2D eigenvalue weighted by atomic mass is 32.2. The third kappa shape index (κ3) is 4.16. The highest BCUT2D eigenvalue weighted by Gasteiger charge is 2.19. The van der Waals surface area contributed by atoms with Crippen LogP contribution in [0, 0.1) is 0 Å². The van der Waals surface area contributed by atoms with Crippen molar-refractivity contribution in [2.45, 2.75) is 25.8 Å². The van der Waals surface area contributed by atoms with Crippen molar-refractivity contribution in [1.82, 2.24) is 9.78 Å². The fraction of sp³-hybridized carbons (Fsp3) is 0.556. The highest BCUT2D eigenvalue weighted by Crippen LogP contribution is 2.08. The first-order valence-corrected chi connectivity index (χ1v) is 6.65. The summed E-state index contributed by atoms with van der Waals surface area (Å²) in [5.41, 5.74) is 0.0425. The van der Waals surface area contributed by atoms with Crippen molar-refractivity contribution in [3.05, 3.63) is 11.8 Å². The van der Waals surface area contributed by atoms with Gasteiger partial charge >= 0.3 is 5.97 Å². The molecule has 17 heavy (non-hydrogen) atoms. The van der Waals surface area contributed by atoms with Gasteiger partial charge in [-0.1, -0.05) is 13.8 Å². The Kier molecular flexibility index (Phi) is 5.83. The van der Waals surface area contributed by atoms with E-state index in [1.54, 1.807) is 6.92 Å². The van der Waals surface area contributed by atoms with E-state index in [0.29, 0.717) is 0 Å². The van der Waals surface area contributed by atoms with E-state index in [9.17, 15) is 13.2 Å². The van der Waals surface area contributed by atoms with Gasteiger partial charge in [0, 0.05) is 13.1 Å². The molecule has 1 heterocycles. The number of sulfonamides is 1. The molecule has 0 radical (unpaired) electrons. The van der Waals surface area contributed by atoms with Crippen molar-refractivity contribution in [2.75, 3.05) is 6.61 Å². The van der Waals surface area contributed by atoms with Gasteiger partial charge in [-0.05, 0) is 6.92 Å². The van der Waals surface area contributed by atoms with Crippen molar-refractivity contribution in [3.63, 3.8) is 0 Å². The Balaban J connectivity index is 0.00000121. The van der Waals surface area contributed by atoms with Crippen LogP contribution in [0.2, 0.25) is 0 Å². The molecule has 1 aromatic rings. The number of hydrogen-bond donors (Lipinski definition) is 1. The summed E-state index contributed by atoms with van der Waals surface area (Å²) in [6.07, 6.45) is 0. The molecule has 0 saturated carbocycles. The summed E-state index contributed by atoms with van der Waals surface area (Å²) in [6, 6.07) is 1.08. The lowest BCUT2D eigenvalue weighted by atomic mass is 10.4. The molecule has 2 N–H and O–H groups in total. The smallest absolute Gasteiger partial charge is 0.356 e. The van der Waals surface area contributed by atoms with Crippen molar-refractivity contribution in [1.29, 1.82) is 0 Å². The largest absolute Gasteiger partial charge is 0.461 e. The number of carbonyl (C=O) groups is 1. The summed E-state index contributed by atoms with van der Waals surface area (Å²) in [6.45, 7) is 5.85. The van der Waals surface area contributed by atoms with Crippen molar-refractivity contribution in [3.8, 4) is 0 Å². The van der Waals surface area contributed by atoms with Gasteiger partial charge in [-0.15, -0.1) is 0 Å². The lowest BCUT2D eigenvalue weighted by Gasteiger charge is -1.99. The van der Waals surface area contributed by atoms with Gasteiger partial charge in [-0.2, -0.15) is 5.10 Å². The molecule has 8 heteroatoms.